The summed E-state index contributed by atoms with van der Waals surface area (Å²) in [5.41, 5.74) is 1.05. The number of imide groups is 1. The summed E-state index contributed by atoms with van der Waals surface area (Å²) < 4.78 is 0. The van der Waals surface area contributed by atoms with Gasteiger partial charge in [0.1, 0.15) is 11.3 Å². The van der Waals surface area contributed by atoms with Gasteiger partial charge in [-0.15, -0.1) is 0 Å². The fraction of sp³-hybridized carbons (Fsp3) is 0.312. The highest BCUT2D eigenvalue weighted by atomic mass is 16.7. The Morgan fingerprint density at radius 2 is 1.91 bits per heavy atom. The summed E-state index contributed by atoms with van der Waals surface area (Å²) in [6.45, 7) is 0. The summed E-state index contributed by atoms with van der Waals surface area (Å²) in [4.78, 5) is 35.6. The molecule has 7 nitrogen and oxygen atoms in total. The van der Waals surface area contributed by atoms with Crippen molar-refractivity contribution in [2.75, 3.05) is 14.1 Å². The number of hydrogen-bond donors (Lipinski definition) is 1. The number of aromatic nitrogens is 1. The van der Waals surface area contributed by atoms with Crippen molar-refractivity contribution in [3.8, 4) is 5.75 Å². The Morgan fingerprint density at radius 3 is 2.70 bits per heavy atom. The molecule has 2 fully saturated rings. The Balaban J connectivity index is 1.82. The van der Waals surface area contributed by atoms with Gasteiger partial charge in [0.05, 0.1) is 17.7 Å². The maximum atomic E-state index is 12.4. The molecule has 0 radical (unpaired) electrons. The fourth-order valence-electron chi connectivity index (χ4n) is 3.37. The molecule has 0 bridgehead atoms. The lowest BCUT2D eigenvalue weighted by atomic mass is 9.93. The summed E-state index contributed by atoms with van der Waals surface area (Å²) in [7, 11) is 3.14. The lowest BCUT2D eigenvalue weighted by molar-refractivity contribution is -0.169. The predicted molar refractivity (Wildman–Crippen MR) is 80.1 cm³/mol. The third-order valence-corrected chi connectivity index (χ3v) is 4.55. The van der Waals surface area contributed by atoms with Gasteiger partial charge in [-0.25, -0.2) is 4.98 Å². The Bertz CT molecular complexity index is 837. The summed E-state index contributed by atoms with van der Waals surface area (Å²) in [6, 6.07) is 8.32. The predicted octanol–water partition coefficient (Wildman–Crippen LogP) is 0.842. The molecule has 2 aromatic rings. The second-order valence-electron chi connectivity index (χ2n) is 5.86. The normalized spacial score (nSPS) is 27.9. The van der Waals surface area contributed by atoms with Crippen LogP contribution in [0, 0.1) is 5.92 Å². The van der Waals surface area contributed by atoms with Crippen LogP contribution < -0.4 is 0 Å². The molecule has 23 heavy (non-hydrogen) atoms. The van der Waals surface area contributed by atoms with E-state index in [0.717, 1.165) is 10.3 Å². The summed E-state index contributed by atoms with van der Waals surface area (Å²) >= 11 is 0. The molecule has 0 aliphatic carbocycles. The maximum Gasteiger partial charge on any atom is 0.261 e. The molecule has 2 aliphatic rings. The number of rotatable bonds is 1. The number of carbonyl (C=O) groups excluding carboxylic acids is 2. The van der Waals surface area contributed by atoms with E-state index in [-0.39, 0.29) is 17.6 Å². The van der Waals surface area contributed by atoms with Crippen LogP contribution in [0.5, 0.6) is 5.75 Å². The number of hydroxylamine groups is 2. The minimum Gasteiger partial charge on any atom is -0.506 e. The Labute approximate surface area is 132 Å². The van der Waals surface area contributed by atoms with E-state index < -0.39 is 18.1 Å². The van der Waals surface area contributed by atoms with Crippen molar-refractivity contribution in [1.82, 2.24) is 14.9 Å². The van der Waals surface area contributed by atoms with Crippen molar-refractivity contribution in [2.45, 2.75) is 12.1 Å². The maximum absolute atomic E-state index is 12.4. The highest BCUT2D eigenvalue weighted by Crippen LogP contribution is 2.43. The van der Waals surface area contributed by atoms with Gasteiger partial charge in [-0.3, -0.25) is 19.3 Å². The van der Waals surface area contributed by atoms with Crippen LogP contribution >= 0.6 is 0 Å². The first-order valence-corrected chi connectivity index (χ1v) is 7.28. The van der Waals surface area contributed by atoms with Gasteiger partial charge in [-0.1, -0.05) is 18.2 Å². The molecule has 118 valence electrons. The zero-order valence-corrected chi connectivity index (χ0v) is 12.6. The van der Waals surface area contributed by atoms with Crippen LogP contribution in [0.2, 0.25) is 0 Å². The molecule has 1 N–H and O–H groups in total. The first-order valence-electron chi connectivity index (χ1n) is 7.28. The molecule has 3 heterocycles. The molecule has 0 spiro atoms. The second kappa shape index (κ2) is 4.74. The van der Waals surface area contributed by atoms with Crippen LogP contribution in [0.3, 0.4) is 0 Å². The van der Waals surface area contributed by atoms with E-state index in [0.29, 0.717) is 11.2 Å². The molecule has 2 saturated heterocycles. The van der Waals surface area contributed by atoms with Gasteiger partial charge in [0, 0.05) is 19.5 Å². The van der Waals surface area contributed by atoms with Gasteiger partial charge in [-0.05, 0) is 12.1 Å². The molecule has 3 atom stereocenters. The Morgan fingerprint density at radius 1 is 1.13 bits per heavy atom. The largest absolute Gasteiger partial charge is 0.506 e. The van der Waals surface area contributed by atoms with Crippen LogP contribution in [-0.4, -0.2) is 52.1 Å². The number of phenols is 1. The zero-order chi connectivity index (χ0) is 16.3. The SMILES string of the molecule is CN1C(=O)C2ON(C)C(c3ccc4cccc(O)c4n3)C2C1=O. The number of likely N-dealkylation sites (tertiary alicyclic amines) is 1. The number of hydrogen-bond acceptors (Lipinski definition) is 6. The minimum atomic E-state index is -0.802. The van der Waals surface area contributed by atoms with E-state index in [1.807, 2.05) is 12.1 Å². The number of pyridine rings is 1. The molecule has 2 aliphatic heterocycles. The number of aromatic hydroxyl groups is 1. The van der Waals surface area contributed by atoms with Gasteiger partial charge in [0.15, 0.2) is 6.10 Å². The van der Waals surface area contributed by atoms with Crippen molar-refractivity contribution in [3.05, 3.63) is 36.0 Å². The smallest absolute Gasteiger partial charge is 0.261 e. The van der Waals surface area contributed by atoms with Crippen molar-refractivity contribution in [1.29, 1.82) is 0 Å². The number of para-hydroxylation sites is 1. The monoisotopic (exact) mass is 313 g/mol. The zero-order valence-electron chi connectivity index (χ0n) is 12.6. The van der Waals surface area contributed by atoms with Crippen LogP contribution in [0.25, 0.3) is 10.9 Å². The van der Waals surface area contributed by atoms with Crippen molar-refractivity contribution in [3.63, 3.8) is 0 Å². The fourth-order valence-corrected chi connectivity index (χ4v) is 3.37. The van der Waals surface area contributed by atoms with Gasteiger partial charge in [-0.2, -0.15) is 5.06 Å². The molecule has 1 aromatic heterocycles. The number of likely N-dealkylation sites (N-methyl/N-ethyl adjacent to an activating group) is 1. The van der Waals surface area contributed by atoms with Crippen LogP contribution in [0.4, 0.5) is 0 Å². The molecular formula is C16H15N3O4. The highest BCUT2D eigenvalue weighted by molar-refractivity contribution is 6.07. The first kappa shape index (κ1) is 14.1. The average molecular weight is 313 g/mol. The van der Waals surface area contributed by atoms with E-state index in [9.17, 15) is 14.7 Å². The molecule has 7 heteroatoms. The number of nitrogens with zero attached hydrogens (tertiary/aromatic N) is 3. The van der Waals surface area contributed by atoms with Crippen molar-refractivity contribution in [2.24, 2.45) is 5.92 Å². The minimum absolute atomic E-state index is 0.0772. The summed E-state index contributed by atoms with van der Waals surface area (Å²) in [5.74, 6) is -1.15. The van der Waals surface area contributed by atoms with Gasteiger partial charge in [0.25, 0.3) is 5.91 Å². The summed E-state index contributed by atoms with van der Waals surface area (Å²) in [6.07, 6.45) is -0.802. The van der Waals surface area contributed by atoms with E-state index in [1.165, 1.54) is 12.1 Å². The Hall–Kier alpha value is -2.51. The number of amides is 2. The molecule has 0 saturated carbocycles. The topological polar surface area (TPSA) is 83.0 Å². The average Bonchev–Trinajstić information content (AvgIpc) is 2.98. The van der Waals surface area contributed by atoms with Crippen molar-refractivity contribution < 1.29 is 19.5 Å². The lowest BCUT2D eigenvalue weighted by Gasteiger charge is -2.22. The van der Waals surface area contributed by atoms with Gasteiger partial charge >= 0.3 is 0 Å². The highest BCUT2D eigenvalue weighted by Gasteiger charge is 2.58. The molecule has 1 aromatic carbocycles. The van der Waals surface area contributed by atoms with E-state index in [2.05, 4.69) is 4.98 Å². The standard InChI is InChI=1S/C16H15N3O4/c1-18-15(21)11-13(19(2)23-14(11)16(18)22)9-7-6-8-4-3-5-10(20)12(8)17-9/h3-7,11,13-14,20H,1-2H3. The van der Waals surface area contributed by atoms with Gasteiger partial charge in [0.2, 0.25) is 5.91 Å². The number of fused-ring (bicyclic) bond motifs is 2. The lowest BCUT2D eigenvalue weighted by Crippen LogP contribution is -2.33. The molecular weight excluding hydrogens is 298 g/mol. The molecule has 3 unspecified atom stereocenters. The van der Waals surface area contributed by atoms with E-state index in [4.69, 9.17) is 4.84 Å². The Kier molecular flexibility index (Phi) is 2.91. The van der Waals surface area contributed by atoms with Crippen LogP contribution in [0.15, 0.2) is 30.3 Å². The second-order valence-corrected chi connectivity index (χ2v) is 5.86. The van der Waals surface area contributed by atoms with Crippen LogP contribution in [0.1, 0.15) is 11.7 Å². The van der Waals surface area contributed by atoms with Crippen LogP contribution in [-0.2, 0) is 14.4 Å². The third-order valence-electron chi connectivity index (χ3n) is 4.55. The molecule has 2 amide bonds. The van der Waals surface area contributed by atoms with Crippen molar-refractivity contribution >= 4 is 22.7 Å². The van der Waals surface area contributed by atoms with E-state index >= 15 is 0 Å². The summed E-state index contributed by atoms with van der Waals surface area (Å²) in [5, 5.41) is 12.3. The number of carbonyl (C=O) groups is 2. The first-order chi connectivity index (χ1) is 11.0. The molecule has 4 rings (SSSR count). The quantitative estimate of drug-likeness (QED) is 0.786. The van der Waals surface area contributed by atoms with E-state index in [1.54, 1.807) is 25.2 Å². The van der Waals surface area contributed by atoms with Gasteiger partial charge < -0.3 is 5.11 Å². The number of phenolic OH excluding ortho intramolecular Hbond substituents is 1. The number of benzene rings is 1. The third kappa shape index (κ3) is 1.87.